The second kappa shape index (κ2) is 12.2. The molecule has 0 spiro atoms. The van der Waals surface area contributed by atoms with Crippen molar-refractivity contribution < 1.29 is 35.2 Å². The smallest absolute Gasteiger partial charge is 0.331 e. The Kier molecular flexibility index (Phi) is 9.06. The Bertz CT molecular complexity index is 1610. The van der Waals surface area contributed by atoms with Crippen molar-refractivity contribution in [3.8, 4) is 11.8 Å². The van der Waals surface area contributed by atoms with Crippen LogP contribution in [0.3, 0.4) is 0 Å². The number of halogens is 5. The fourth-order valence-corrected chi connectivity index (χ4v) is 5.55. The standard InChI is InChI=1S/C29H29F5N4O3S/c1-3-42(40,41)13-12-37(26(39)15-20-6-11-24(31)23(14-20)29(32,33)34)18(2)28-36-27(21-7-8-21)25(16-30)38(28)22-9-4-19(17-35)5-10-22/h4-6,9-11,14,18,21H,3,7-8,12-13,15-16H2,1-2H3/t18-/m1/s1. The summed E-state index contributed by atoms with van der Waals surface area (Å²) in [5.74, 6) is -2.53. The number of nitriles is 1. The van der Waals surface area contributed by atoms with Crippen LogP contribution in [0.25, 0.3) is 5.69 Å². The summed E-state index contributed by atoms with van der Waals surface area (Å²) in [6, 6.07) is 9.65. The second-order valence-corrected chi connectivity index (χ2v) is 12.7. The molecule has 3 aromatic rings. The number of hydrogen-bond donors (Lipinski definition) is 0. The van der Waals surface area contributed by atoms with E-state index in [-0.39, 0.29) is 35.3 Å². The molecular weight excluding hydrogens is 579 g/mol. The molecule has 13 heteroatoms. The van der Waals surface area contributed by atoms with E-state index in [1.807, 2.05) is 6.07 Å². The predicted octanol–water partition coefficient (Wildman–Crippen LogP) is 5.82. The van der Waals surface area contributed by atoms with Crippen molar-refractivity contribution >= 4 is 15.7 Å². The fraction of sp³-hybridized carbons (Fsp3) is 0.414. The first-order valence-electron chi connectivity index (χ1n) is 13.3. The maximum Gasteiger partial charge on any atom is 0.419 e. The average Bonchev–Trinajstić information content (AvgIpc) is 3.72. The zero-order valence-corrected chi connectivity index (χ0v) is 23.8. The van der Waals surface area contributed by atoms with Gasteiger partial charge >= 0.3 is 6.18 Å². The Morgan fingerprint density at radius 3 is 2.40 bits per heavy atom. The highest BCUT2D eigenvalue weighted by molar-refractivity contribution is 7.91. The zero-order chi connectivity index (χ0) is 30.8. The first kappa shape index (κ1) is 31.2. The molecule has 42 heavy (non-hydrogen) atoms. The molecule has 0 radical (unpaired) electrons. The number of aromatic nitrogens is 2. The van der Waals surface area contributed by atoms with Crippen molar-refractivity contribution in [1.29, 1.82) is 5.26 Å². The summed E-state index contributed by atoms with van der Waals surface area (Å²) in [5.41, 5.74) is 0.0139. The molecule has 1 aromatic heterocycles. The highest BCUT2D eigenvalue weighted by Gasteiger charge is 2.36. The second-order valence-electron chi connectivity index (χ2n) is 10.2. The van der Waals surface area contributed by atoms with E-state index in [4.69, 9.17) is 4.98 Å². The van der Waals surface area contributed by atoms with Gasteiger partial charge in [0.15, 0.2) is 9.84 Å². The Morgan fingerprint density at radius 1 is 1.19 bits per heavy atom. The molecule has 1 amide bonds. The molecule has 4 rings (SSSR count). The monoisotopic (exact) mass is 608 g/mol. The van der Waals surface area contributed by atoms with E-state index < -0.39 is 58.2 Å². The van der Waals surface area contributed by atoms with E-state index >= 15 is 0 Å². The van der Waals surface area contributed by atoms with Crippen molar-refractivity contribution in [2.75, 3.05) is 18.1 Å². The summed E-state index contributed by atoms with van der Waals surface area (Å²) >= 11 is 0. The number of nitrogens with zero attached hydrogens (tertiary/aromatic N) is 4. The van der Waals surface area contributed by atoms with E-state index in [0.717, 1.165) is 18.9 Å². The molecule has 1 saturated carbocycles. The zero-order valence-electron chi connectivity index (χ0n) is 23.0. The SMILES string of the molecule is CCS(=O)(=O)CCN(C(=O)Cc1ccc(F)c(C(F)(F)F)c1)[C@H](C)c1nc(C2CC2)c(CF)n1-c1ccc(C#N)cc1. The number of sulfone groups is 1. The van der Waals surface area contributed by atoms with Gasteiger partial charge in [0.05, 0.1) is 46.8 Å². The summed E-state index contributed by atoms with van der Waals surface area (Å²) in [6.45, 7) is 1.87. The van der Waals surface area contributed by atoms with Crippen LogP contribution >= 0.6 is 0 Å². The van der Waals surface area contributed by atoms with Crippen LogP contribution in [-0.4, -0.2) is 46.8 Å². The van der Waals surface area contributed by atoms with Crippen LogP contribution < -0.4 is 0 Å². The fourth-order valence-electron chi connectivity index (χ4n) is 4.79. The average molecular weight is 609 g/mol. The van der Waals surface area contributed by atoms with Gasteiger partial charge in [-0.1, -0.05) is 13.0 Å². The number of alkyl halides is 4. The van der Waals surface area contributed by atoms with Crippen molar-refractivity contribution in [1.82, 2.24) is 14.5 Å². The number of benzene rings is 2. The van der Waals surface area contributed by atoms with Crippen molar-refractivity contribution in [2.45, 2.75) is 57.9 Å². The van der Waals surface area contributed by atoms with Gasteiger partial charge in [0, 0.05) is 23.9 Å². The van der Waals surface area contributed by atoms with Crippen LogP contribution in [0.1, 0.15) is 72.6 Å². The molecule has 1 fully saturated rings. The molecule has 0 saturated heterocycles. The van der Waals surface area contributed by atoms with Crippen LogP contribution in [-0.2, 0) is 33.9 Å². The van der Waals surface area contributed by atoms with Gasteiger partial charge in [-0.25, -0.2) is 22.2 Å². The summed E-state index contributed by atoms with van der Waals surface area (Å²) < 4.78 is 94.6. The van der Waals surface area contributed by atoms with Gasteiger partial charge in [-0.2, -0.15) is 18.4 Å². The summed E-state index contributed by atoms with van der Waals surface area (Å²) in [4.78, 5) is 19.5. The summed E-state index contributed by atoms with van der Waals surface area (Å²) in [7, 11) is -3.56. The van der Waals surface area contributed by atoms with Gasteiger partial charge in [-0.05, 0) is 61.7 Å². The molecule has 7 nitrogen and oxygen atoms in total. The van der Waals surface area contributed by atoms with Gasteiger partial charge < -0.3 is 4.90 Å². The third kappa shape index (κ3) is 6.81. The van der Waals surface area contributed by atoms with Crippen LogP contribution in [0.5, 0.6) is 0 Å². The van der Waals surface area contributed by atoms with Crippen LogP contribution in [0.15, 0.2) is 42.5 Å². The van der Waals surface area contributed by atoms with E-state index in [1.165, 1.54) is 11.8 Å². The molecule has 1 atom stereocenters. The molecule has 0 unspecified atom stereocenters. The highest BCUT2D eigenvalue weighted by Crippen LogP contribution is 2.43. The summed E-state index contributed by atoms with van der Waals surface area (Å²) in [5, 5.41) is 9.20. The molecule has 0 N–H and O–H groups in total. The van der Waals surface area contributed by atoms with Crippen LogP contribution in [0.2, 0.25) is 0 Å². The van der Waals surface area contributed by atoms with Gasteiger partial charge in [-0.15, -0.1) is 0 Å². The first-order valence-corrected chi connectivity index (χ1v) is 15.1. The molecule has 224 valence electrons. The molecule has 0 bridgehead atoms. The number of rotatable bonds is 11. The first-order chi connectivity index (χ1) is 19.8. The van der Waals surface area contributed by atoms with Gasteiger partial charge in [0.25, 0.3) is 0 Å². The van der Waals surface area contributed by atoms with E-state index in [2.05, 4.69) is 0 Å². The molecule has 0 aliphatic heterocycles. The van der Waals surface area contributed by atoms with E-state index in [1.54, 1.807) is 35.8 Å². The number of amides is 1. The van der Waals surface area contributed by atoms with E-state index in [0.29, 0.717) is 29.1 Å². The number of carbonyl (C=O) groups excluding carboxylic acids is 1. The molecule has 2 aromatic carbocycles. The molecule has 1 aliphatic rings. The third-order valence-electron chi connectivity index (χ3n) is 7.31. The minimum absolute atomic E-state index is 0.0194. The highest BCUT2D eigenvalue weighted by atomic mass is 32.2. The number of carbonyl (C=O) groups is 1. The van der Waals surface area contributed by atoms with Crippen LogP contribution in [0.4, 0.5) is 22.0 Å². The molecular formula is C29H29F5N4O3S. The van der Waals surface area contributed by atoms with Crippen LogP contribution in [0, 0.1) is 17.1 Å². The number of imidazole rings is 1. The minimum Gasteiger partial charge on any atom is -0.331 e. The maximum atomic E-state index is 14.5. The lowest BCUT2D eigenvalue weighted by atomic mass is 10.1. The van der Waals surface area contributed by atoms with Gasteiger partial charge in [-0.3, -0.25) is 9.36 Å². The summed E-state index contributed by atoms with van der Waals surface area (Å²) in [6.07, 6.45) is -3.94. The van der Waals surface area contributed by atoms with E-state index in [9.17, 15) is 40.4 Å². The Balaban J connectivity index is 1.78. The maximum absolute atomic E-state index is 14.5. The third-order valence-corrected chi connectivity index (χ3v) is 9.00. The Labute approximate surface area is 240 Å². The lowest BCUT2D eigenvalue weighted by Crippen LogP contribution is -2.39. The van der Waals surface area contributed by atoms with Gasteiger partial charge in [0.1, 0.15) is 18.3 Å². The molecule has 1 aliphatic carbocycles. The quantitative estimate of drug-likeness (QED) is 0.256. The van der Waals surface area contributed by atoms with Crippen molar-refractivity contribution in [2.24, 2.45) is 0 Å². The normalized spacial score (nSPS) is 14.4. The molecule has 1 heterocycles. The topological polar surface area (TPSA) is 96.1 Å². The predicted molar refractivity (Wildman–Crippen MR) is 145 cm³/mol. The minimum atomic E-state index is -4.97. The van der Waals surface area contributed by atoms with Crippen molar-refractivity contribution in [3.63, 3.8) is 0 Å². The lowest BCUT2D eigenvalue weighted by Gasteiger charge is -2.30. The number of hydrogen-bond acceptors (Lipinski definition) is 5. The Morgan fingerprint density at radius 2 is 1.86 bits per heavy atom. The van der Waals surface area contributed by atoms with Crippen molar-refractivity contribution in [3.05, 3.63) is 82.2 Å². The lowest BCUT2D eigenvalue weighted by molar-refractivity contribution is -0.140. The van der Waals surface area contributed by atoms with Gasteiger partial charge in [0.2, 0.25) is 5.91 Å². The largest absolute Gasteiger partial charge is 0.419 e. The Hall–Kier alpha value is -3.79.